The molecule has 5 rings (SSSR count). The number of hydrogen-bond acceptors (Lipinski definition) is 10. The summed E-state index contributed by atoms with van der Waals surface area (Å²) < 4.78 is 32.4. The van der Waals surface area contributed by atoms with Crippen molar-refractivity contribution in [1.82, 2.24) is 0 Å². The zero-order valence-corrected chi connectivity index (χ0v) is 70.9. The molecule has 4 aromatic rings. The van der Waals surface area contributed by atoms with Gasteiger partial charge in [-0.1, -0.05) is 86.0 Å². The van der Waals surface area contributed by atoms with Crippen LogP contribution in [0.1, 0.15) is 36.1 Å². The fourth-order valence-corrected chi connectivity index (χ4v) is 6.03. The van der Waals surface area contributed by atoms with E-state index in [1.54, 1.807) is 0 Å². The Kier molecular flexibility index (Phi) is 67.6. The van der Waals surface area contributed by atoms with Crippen molar-refractivity contribution in [2.45, 2.75) is 31.5 Å². The number of carbonyl (C=O) groups is 2. The Hall–Kier alpha value is 7.99. The van der Waals surface area contributed by atoms with Gasteiger partial charge >= 0.3 is 11.9 Å². The van der Waals surface area contributed by atoms with Crippen LogP contribution in [-0.2, 0) is 426 Å². The zero-order valence-electron chi connectivity index (χ0n) is 36.8. The Labute approximate surface area is 686 Å². The van der Waals surface area contributed by atoms with E-state index in [0.29, 0.717) is 11.5 Å². The van der Waals surface area contributed by atoms with E-state index in [9.17, 15) is 19.8 Å². The number of aliphatic hydroxyl groups excluding tert-OH is 2. The summed E-state index contributed by atoms with van der Waals surface area (Å²) in [6.07, 6.45) is -1.96. The van der Waals surface area contributed by atoms with Crippen LogP contribution in [0.3, 0.4) is 0 Å². The van der Waals surface area contributed by atoms with Gasteiger partial charge < -0.3 is 38.6 Å². The minimum absolute atomic E-state index is 0. The molecule has 0 fully saturated rings. The maximum absolute atomic E-state index is 11.5. The molecule has 0 saturated heterocycles. The molecule has 0 bridgehead atoms. The van der Waals surface area contributed by atoms with Gasteiger partial charge in [-0.15, -0.1) is 0 Å². The molecule has 4 aromatic carbocycles. The number of rotatable bonds is 20. The first kappa shape index (κ1) is 89.6. The van der Waals surface area contributed by atoms with Crippen molar-refractivity contribution in [3.63, 3.8) is 0 Å². The predicted molar refractivity (Wildman–Crippen MR) is 199 cm³/mol. The normalized spacial score (nSPS) is 11.1. The summed E-state index contributed by atoms with van der Waals surface area (Å²) in [5.74, 6) is 0.153. The van der Waals surface area contributed by atoms with Gasteiger partial charge in [-0.05, 0) is 84.7 Å². The number of benzene rings is 4. The first-order chi connectivity index (χ1) is 25.6. The van der Waals surface area contributed by atoms with Crippen molar-refractivity contribution in [2.75, 3.05) is 39.6 Å². The van der Waals surface area contributed by atoms with E-state index in [1.165, 1.54) is 27.1 Å². The van der Waals surface area contributed by atoms with Crippen LogP contribution in [0.15, 0.2) is 121 Å². The van der Waals surface area contributed by atoms with E-state index in [-0.39, 0.29) is 443 Å². The molecule has 0 aromatic heterocycles. The van der Waals surface area contributed by atoms with Gasteiger partial charge in [0.15, 0.2) is 0 Å². The standard InChI is InChI=1S/C43H44O10.12Y/c1-29(2)41(46)52-27-33(44)25-48-21-23-50-35-17-13-31(14-18-35)43(39-11-7-5-9-37(39)38-10-6-8-12-40(38)43)32-15-19-36(20-16-32)51-24-22-49-26-34(45)28-53-42(47)30(3)4;;;;;;;;;;;;/h5-22,33-34,44-45H,1,3,23-28H2,2,4H3;;;;;;;;;;;;/q-2;;;;;;;;;;;;. The number of ether oxygens (including phenoxy) is 6. The van der Waals surface area contributed by atoms with Crippen molar-refractivity contribution < 1.29 is 441 Å². The van der Waals surface area contributed by atoms with Gasteiger partial charge in [0.25, 0.3) is 0 Å². The second-order valence-corrected chi connectivity index (χ2v) is 12.6. The Balaban J connectivity index is -0.000000451. The number of fused-ring (bicyclic) bond motifs is 3. The molecule has 0 aliphatic heterocycles. The summed E-state index contributed by atoms with van der Waals surface area (Å²) in [5, 5.41) is 20.0. The fourth-order valence-electron chi connectivity index (χ4n) is 6.03. The molecule has 2 N–H and O–H groups in total. The molecule has 1 aliphatic carbocycles. The molecule has 0 heterocycles. The van der Waals surface area contributed by atoms with E-state index in [1.807, 2.05) is 24.3 Å². The van der Waals surface area contributed by atoms with Crippen molar-refractivity contribution in [2.24, 2.45) is 0 Å². The Morgan fingerprint density at radius 3 is 1.12 bits per heavy atom. The molecular formula is C43H44O10Y12-2. The van der Waals surface area contributed by atoms with Crippen LogP contribution in [0.5, 0.6) is 11.5 Å². The quantitative estimate of drug-likeness (QED) is 0.0409. The summed E-state index contributed by atoms with van der Waals surface area (Å²) in [7, 11) is 0. The summed E-state index contributed by atoms with van der Waals surface area (Å²) in [6, 6.07) is 32.8. The molecule has 1 aliphatic rings. The van der Waals surface area contributed by atoms with Crippen LogP contribution < -0.4 is 9.47 Å². The van der Waals surface area contributed by atoms with Gasteiger partial charge in [-0.2, -0.15) is 13.2 Å². The van der Waals surface area contributed by atoms with Crippen molar-refractivity contribution in [3.05, 3.63) is 157 Å². The average molecular weight is 1790 g/mol. The molecule has 0 saturated carbocycles. The maximum atomic E-state index is 11.5. The molecule has 0 amide bonds. The Morgan fingerprint density at radius 2 is 0.815 bits per heavy atom. The van der Waals surface area contributed by atoms with Crippen LogP contribution in [0.2, 0.25) is 0 Å². The second-order valence-electron chi connectivity index (χ2n) is 12.6. The minimum Gasteiger partial charge on any atom is -0.547 e. The molecule has 22 heteroatoms. The topological polar surface area (TPSA) is 130 Å². The van der Waals surface area contributed by atoms with E-state index in [2.05, 4.69) is 86.0 Å². The van der Waals surface area contributed by atoms with E-state index >= 15 is 0 Å². The predicted octanol–water partition coefficient (Wildman–Crippen LogP) is 6.09. The molecule has 2 unspecified atom stereocenters. The van der Waals surface area contributed by atoms with Gasteiger partial charge in [0, 0.05) is 417 Å². The maximum Gasteiger partial charge on any atom is 0.333 e. The number of esters is 2. The van der Waals surface area contributed by atoms with E-state index < -0.39 is 29.6 Å². The van der Waals surface area contributed by atoms with Crippen LogP contribution in [-0.4, -0.2) is 74.0 Å². The SMILES string of the molecule is C=C(C)C(=O)OCC(O)CO[CH-]COc1ccc(C2(c3ccc(OC[CH-]OCC(O)COC(=O)C(=C)C)cc3)c3ccccc3-c3ccccc32)cc1.[Y].[Y].[Y].[Y].[Y].[Y].[Y].[Y].[Y].[Y].[Y].[Y]. The largest absolute Gasteiger partial charge is 0.547 e. The smallest absolute Gasteiger partial charge is 0.333 e. The number of hydrogen-bond donors (Lipinski definition) is 2. The Bertz CT molecular complexity index is 1770. The fraction of sp³-hybridized carbons (Fsp3) is 0.256. The van der Waals surface area contributed by atoms with Gasteiger partial charge in [-0.25, -0.2) is 9.59 Å². The van der Waals surface area contributed by atoms with Gasteiger partial charge in [0.05, 0.1) is 5.41 Å². The third-order valence-corrected chi connectivity index (χ3v) is 8.49. The molecule has 10 nitrogen and oxygen atoms in total. The summed E-state index contributed by atoms with van der Waals surface area (Å²) in [4.78, 5) is 23.0. The van der Waals surface area contributed by atoms with Crippen LogP contribution in [0, 0.1) is 13.2 Å². The van der Waals surface area contributed by atoms with Crippen LogP contribution in [0.25, 0.3) is 11.1 Å². The number of carbonyl (C=O) groups excluding carboxylic acids is 2. The first-order valence-electron chi connectivity index (χ1n) is 17.1. The van der Waals surface area contributed by atoms with E-state index in [0.717, 1.165) is 33.4 Å². The molecule has 65 heavy (non-hydrogen) atoms. The van der Waals surface area contributed by atoms with Crippen molar-refractivity contribution in [3.8, 4) is 22.6 Å². The molecule has 12 radical (unpaired) electrons. The molecular weight excluding hydrogens is 1740 g/mol. The van der Waals surface area contributed by atoms with Crippen molar-refractivity contribution in [1.29, 1.82) is 0 Å². The van der Waals surface area contributed by atoms with Crippen molar-refractivity contribution >= 4 is 11.9 Å². The first-order valence-corrected chi connectivity index (χ1v) is 17.1. The second kappa shape index (κ2) is 49.1. The zero-order chi connectivity index (χ0) is 37.8. The third kappa shape index (κ3) is 28.1. The van der Waals surface area contributed by atoms with Gasteiger partial charge in [0.1, 0.15) is 36.9 Å². The summed E-state index contributed by atoms with van der Waals surface area (Å²) in [5.41, 5.74) is 6.65. The monoisotopic (exact) mass is 1790 g/mol. The van der Waals surface area contributed by atoms with Crippen LogP contribution >= 0.6 is 0 Å². The summed E-state index contributed by atoms with van der Waals surface area (Å²) >= 11 is 0. The van der Waals surface area contributed by atoms with E-state index in [4.69, 9.17) is 28.4 Å². The van der Waals surface area contributed by atoms with Gasteiger partial charge in [0.2, 0.25) is 0 Å². The minimum atomic E-state index is -0.979. The number of aliphatic hydroxyl groups is 2. The van der Waals surface area contributed by atoms with Gasteiger partial charge in [-0.3, -0.25) is 0 Å². The molecule has 314 valence electrons. The Morgan fingerprint density at radius 1 is 0.508 bits per heavy atom. The summed E-state index contributed by atoms with van der Waals surface area (Å²) in [6.45, 7) is 12.8. The molecule has 2 atom stereocenters. The third-order valence-electron chi connectivity index (χ3n) is 8.49. The van der Waals surface area contributed by atoms with Crippen LogP contribution in [0.4, 0.5) is 0 Å². The average Bonchev–Trinajstić information content (AvgIpc) is 3.47. The molecule has 0 spiro atoms.